The van der Waals surface area contributed by atoms with Crippen molar-refractivity contribution in [2.24, 2.45) is 0 Å². The van der Waals surface area contributed by atoms with E-state index in [4.69, 9.17) is 25.3 Å². The van der Waals surface area contributed by atoms with Crippen LogP contribution in [-0.4, -0.2) is 0 Å². The number of thiol groups is 2. The second-order valence-electron chi connectivity index (χ2n) is 6.14. The maximum atomic E-state index is 4.86. The first-order chi connectivity index (χ1) is 13.2. The van der Waals surface area contributed by atoms with Gasteiger partial charge in [0, 0.05) is 25.1 Å². The molecule has 0 radical (unpaired) electrons. The van der Waals surface area contributed by atoms with Crippen LogP contribution in [-0.2, 0) is 0 Å². The van der Waals surface area contributed by atoms with Gasteiger partial charge in [-0.25, -0.2) is 0 Å². The molecule has 0 saturated carbocycles. The quantitative estimate of drug-likeness (QED) is 0.329. The molecule has 27 heavy (non-hydrogen) atoms. The van der Waals surface area contributed by atoms with Gasteiger partial charge in [-0.15, -0.1) is 25.3 Å². The van der Waals surface area contributed by atoms with Crippen LogP contribution in [0.4, 0.5) is 0 Å². The molecular formula is C24H18S3. The average molecular weight is 403 g/mol. The van der Waals surface area contributed by atoms with E-state index in [2.05, 4.69) is 78.9 Å². The molecular weight excluding hydrogens is 384 g/mol. The molecule has 4 aromatic rings. The fourth-order valence-corrected chi connectivity index (χ4v) is 4.97. The first kappa shape index (κ1) is 18.3. The van der Waals surface area contributed by atoms with Crippen LogP contribution in [0.5, 0.6) is 0 Å². The number of benzene rings is 4. The first-order valence-corrected chi connectivity index (χ1v) is 10.4. The minimum atomic E-state index is 0.978. The van der Waals surface area contributed by atoms with E-state index < -0.39 is 0 Å². The highest BCUT2D eigenvalue weighted by atomic mass is 32.2. The molecule has 0 heterocycles. The van der Waals surface area contributed by atoms with Crippen LogP contribution >= 0.6 is 37.0 Å². The molecule has 0 spiro atoms. The lowest BCUT2D eigenvalue weighted by molar-refractivity contribution is 1.24. The normalized spacial score (nSPS) is 10.7. The molecule has 0 aliphatic rings. The van der Waals surface area contributed by atoms with Crippen LogP contribution in [0, 0.1) is 0 Å². The second kappa shape index (κ2) is 8.30. The van der Waals surface area contributed by atoms with Crippen molar-refractivity contribution in [3.63, 3.8) is 0 Å². The van der Waals surface area contributed by atoms with Gasteiger partial charge in [0.05, 0.1) is 0 Å². The van der Waals surface area contributed by atoms with Gasteiger partial charge >= 0.3 is 0 Å². The Bertz CT molecular complexity index is 1060. The van der Waals surface area contributed by atoms with Crippen molar-refractivity contribution < 1.29 is 0 Å². The van der Waals surface area contributed by atoms with Gasteiger partial charge in [-0.2, -0.15) is 0 Å². The molecule has 4 aromatic carbocycles. The van der Waals surface area contributed by atoms with Crippen molar-refractivity contribution in [3.05, 3.63) is 97.1 Å². The first-order valence-electron chi connectivity index (χ1n) is 8.66. The Kier molecular flexibility index (Phi) is 5.63. The predicted octanol–water partition coefficient (Wildman–Crippen LogP) is 7.75. The minimum absolute atomic E-state index is 0.978. The Balaban J connectivity index is 1.77. The summed E-state index contributed by atoms with van der Waals surface area (Å²) in [7, 11) is 0. The fraction of sp³-hybridized carbons (Fsp3) is 0. The molecule has 0 unspecified atom stereocenters. The lowest BCUT2D eigenvalue weighted by atomic mass is 10.1. The van der Waals surface area contributed by atoms with Gasteiger partial charge in [0.25, 0.3) is 0 Å². The summed E-state index contributed by atoms with van der Waals surface area (Å²) in [4.78, 5) is 4.29. The second-order valence-corrected chi connectivity index (χ2v) is 8.15. The fourth-order valence-electron chi connectivity index (χ4n) is 3.07. The summed E-state index contributed by atoms with van der Waals surface area (Å²) in [6.07, 6.45) is 0. The highest BCUT2D eigenvalue weighted by molar-refractivity contribution is 8.00. The van der Waals surface area contributed by atoms with Crippen molar-refractivity contribution in [2.45, 2.75) is 19.6 Å². The largest absolute Gasteiger partial charge is 0.143 e. The Hall–Kier alpha value is -2.07. The van der Waals surface area contributed by atoms with E-state index in [1.807, 2.05) is 18.2 Å². The van der Waals surface area contributed by atoms with Crippen molar-refractivity contribution in [3.8, 4) is 22.3 Å². The van der Waals surface area contributed by atoms with Crippen LogP contribution in [0.15, 0.2) is 117 Å². The van der Waals surface area contributed by atoms with Gasteiger partial charge < -0.3 is 0 Å². The number of hydrogen-bond donors (Lipinski definition) is 2. The summed E-state index contributed by atoms with van der Waals surface area (Å²) in [5.41, 5.74) is 4.65. The van der Waals surface area contributed by atoms with Gasteiger partial charge in [0.2, 0.25) is 0 Å². The van der Waals surface area contributed by atoms with Crippen molar-refractivity contribution in [1.29, 1.82) is 0 Å². The summed E-state index contributed by atoms with van der Waals surface area (Å²) in [6, 6.07) is 33.4. The molecule has 0 N–H and O–H groups in total. The summed E-state index contributed by atoms with van der Waals surface area (Å²) in [6.45, 7) is 0. The zero-order chi connectivity index (χ0) is 18.6. The van der Waals surface area contributed by atoms with E-state index in [0.717, 1.165) is 25.8 Å². The Morgan fingerprint density at radius 1 is 0.519 bits per heavy atom. The van der Waals surface area contributed by atoms with E-state index in [-0.39, 0.29) is 0 Å². The Labute approximate surface area is 175 Å². The van der Waals surface area contributed by atoms with Gasteiger partial charge in [0.15, 0.2) is 0 Å². The van der Waals surface area contributed by atoms with E-state index in [9.17, 15) is 0 Å². The monoisotopic (exact) mass is 402 g/mol. The number of hydrogen-bond acceptors (Lipinski definition) is 3. The lowest BCUT2D eigenvalue weighted by Gasteiger charge is -2.15. The van der Waals surface area contributed by atoms with E-state index in [1.165, 1.54) is 16.0 Å². The van der Waals surface area contributed by atoms with Crippen LogP contribution in [0.3, 0.4) is 0 Å². The molecule has 0 atom stereocenters. The predicted molar refractivity (Wildman–Crippen MR) is 122 cm³/mol. The number of rotatable bonds is 4. The zero-order valence-electron chi connectivity index (χ0n) is 14.5. The van der Waals surface area contributed by atoms with Gasteiger partial charge in [-0.05, 0) is 34.9 Å². The molecule has 0 aliphatic heterocycles. The molecule has 132 valence electrons. The van der Waals surface area contributed by atoms with E-state index >= 15 is 0 Å². The molecule has 3 heteroatoms. The molecule has 0 aliphatic carbocycles. The minimum Gasteiger partial charge on any atom is -0.143 e. The summed E-state index contributed by atoms with van der Waals surface area (Å²) in [5, 5.41) is 0. The maximum absolute atomic E-state index is 4.86. The van der Waals surface area contributed by atoms with Crippen molar-refractivity contribution in [1.82, 2.24) is 0 Å². The van der Waals surface area contributed by atoms with Gasteiger partial charge in [-0.1, -0.05) is 90.6 Å². The highest BCUT2D eigenvalue weighted by Crippen LogP contribution is 2.43. The SMILES string of the molecule is Sc1cccc(Sc2cccc(-c3ccccc3)c2S)c1-c1ccccc1. The molecule has 0 amide bonds. The maximum Gasteiger partial charge on any atom is 0.0262 e. The average Bonchev–Trinajstić information content (AvgIpc) is 2.71. The van der Waals surface area contributed by atoms with Crippen LogP contribution in [0.2, 0.25) is 0 Å². The molecule has 0 saturated heterocycles. The third-order valence-electron chi connectivity index (χ3n) is 4.37. The molecule has 0 aromatic heterocycles. The topological polar surface area (TPSA) is 0 Å². The van der Waals surface area contributed by atoms with Crippen molar-refractivity contribution >= 4 is 37.0 Å². The third kappa shape index (κ3) is 3.96. The van der Waals surface area contributed by atoms with E-state index in [0.29, 0.717) is 0 Å². The zero-order valence-corrected chi connectivity index (χ0v) is 17.1. The molecule has 0 nitrogen and oxygen atoms in total. The van der Waals surface area contributed by atoms with Crippen molar-refractivity contribution in [2.75, 3.05) is 0 Å². The van der Waals surface area contributed by atoms with E-state index in [1.54, 1.807) is 11.8 Å². The molecule has 0 fully saturated rings. The van der Waals surface area contributed by atoms with Crippen LogP contribution in [0.1, 0.15) is 0 Å². The summed E-state index contributed by atoms with van der Waals surface area (Å²) < 4.78 is 0. The standard InChI is InChI=1S/C24H18S3/c25-20-14-8-15-21(23(20)18-11-5-2-6-12-18)27-22-16-7-13-19(24(22)26)17-9-3-1-4-10-17/h1-16,25-26H. The third-order valence-corrected chi connectivity index (χ3v) is 6.50. The summed E-state index contributed by atoms with van der Waals surface area (Å²) in [5.74, 6) is 0. The Morgan fingerprint density at radius 3 is 1.81 bits per heavy atom. The molecule has 4 rings (SSSR count). The lowest BCUT2D eigenvalue weighted by Crippen LogP contribution is -1.87. The van der Waals surface area contributed by atoms with Crippen LogP contribution < -0.4 is 0 Å². The van der Waals surface area contributed by atoms with Gasteiger partial charge in [0.1, 0.15) is 0 Å². The Morgan fingerprint density at radius 2 is 1.11 bits per heavy atom. The smallest absolute Gasteiger partial charge is 0.0262 e. The van der Waals surface area contributed by atoms with Crippen LogP contribution in [0.25, 0.3) is 22.3 Å². The highest BCUT2D eigenvalue weighted by Gasteiger charge is 2.13. The van der Waals surface area contributed by atoms with Gasteiger partial charge in [-0.3, -0.25) is 0 Å². The molecule has 0 bridgehead atoms. The summed E-state index contributed by atoms with van der Waals surface area (Å²) >= 11 is 11.3.